The average molecular weight is 264 g/mol. The Morgan fingerprint density at radius 3 is 2.58 bits per heavy atom. The number of rotatable bonds is 4. The fourth-order valence-electron chi connectivity index (χ4n) is 2.30. The molecule has 1 unspecified atom stereocenters. The number of piperidine rings is 1. The molecule has 2 rings (SSSR count). The largest absolute Gasteiger partial charge is 0.370 e. The Bertz CT molecular complexity index is 463. The summed E-state index contributed by atoms with van der Waals surface area (Å²) in [7, 11) is 0. The van der Waals surface area contributed by atoms with Gasteiger partial charge in [0.1, 0.15) is 0 Å². The number of anilines is 1. The number of aromatic nitrogens is 2. The highest BCUT2D eigenvalue weighted by Crippen LogP contribution is 2.16. The molecule has 0 aromatic carbocycles. The van der Waals surface area contributed by atoms with Gasteiger partial charge in [-0.05, 0) is 25.2 Å². The zero-order valence-electron chi connectivity index (χ0n) is 11.9. The summed E-state index contributed by atoms with van der Waals surface area (Å²) in [6.07, 6.45) is 5.46. The third-order valence-corrected chi connectivity index (χ3v) is 3.82. The van der Waals surface area contributed by atoms with Gasteiger partial charge in [-0.3, -0.25) is 4.79 Å². The third-order valence-electron chi connectivity index (χ3n) is 3.82. The first kappa shape index (κ1) is 14.1. The van der Waals surface area contributed by atoms with E-state index in [0.717, 1.165) is 18.8 Å². The van der Waals surface area contributed by atoms with Crippen molar-refractivity contribution in [3.63, 3.8) is 0 Å². The van der Waals surface area contributed by atoms with E-state index in [1.54, 1.807) is 12.3 Å². The second-order valence-electron chi connectivity index (χ2n) is 5.69. The Morgan fingerprint density at radius 1 is 1.32 bits per heavy atom. The van der Waals surface area contributed by atoms with Crippen molar-refractivity contribution in [1.29, 1.82) is 0 Å². The predicted octanol–water partition coefficient (Wildman–Crippen LogP) is 1.22. The second kappa shape index (κ2) is 6.19. The second-order valence-corrected chi connectivity index (χ2v) is 5.69. The standard InChI is InChI=1S/C14H24N4O/c1-11(2)13(15)10-18-14(19)8-12(9-16-18)17-6-4-3-5-7-17/h8-9,11,13H,3-7,10,15H2,1-2H3. The molecular formula is C14H24N4O. The maximum atomic E-state index is 12.1. The summed E-state index contributed by atoms with van der Waals surface area (Å²) in [5.74, 6) is 0.343. The topological polar surface area (TPSA) is 64.2 Å². The SMILES string of the molecule is CC(C)C(N)Cn1ncc(N2CCCCC2)cc1=O. The Balaban J connectivity index is 2.10. The van der Waals surface area contributed by atoms with Gasteiger partial charge in [0, 0.05) is 25.2 Å². The van der Waals surface area contributed by atoms with Gasteiger partial charge in [0.05, 0.1) is 18.4 Å². The maximum Gasteiger partial charge on any atom is 0.268 e. The van der Waals surface area contributed by atoms with Crippen LogP contribution in [0.15, 0.2) is 17.1 Å². The van der Waals surface area contributed by atoms with Gasteiger partial charge < -0.3 is 10.6 Å². The van der Waals surface area contributed by atoms with Crippen molar-refractivity contribution in [2.24, 2.45) is 11.7 Å². The summed E-state index contributed by atoms with van der Waals surface area (Å²) >= 11 is 0. The molecule has 106 valence electrons. The van der Waals surface area contributed by atoms with E-state index < -0.39 is 0 Å². The monoisotopic (exact) mass is 264 g/mol. The van der Waals surface area contributed by atoms with Crippen LogP contribution in [0.2, 0.25) is 0 Å². The molecule has 0 amide bonds. The molecule has 1 fully saturated rings. The minimum Gasteiger partial charge on any atom is -0.370 e. The van der Waals surface area contributed by atoms with Crippen LogP contribution >= 0.6 is 0 Å². The van der Waals surface area contributed by atoms with Crippen LogP contribution in [-0.2, 0) is 6.54 Å². The van der Waals surface area contributed by atoms with Gasteiger partial charge in [-0.25, -0.2) is 4.68 Å². The summed E-state index contributed by atoms with van der Waals surface area (Å²) in [5.41, 5.74) is 6.88. The zero-order chi connectivity index (χ0) is 13.8. The number of nitrogens with two attached hydrogens (primary N) is 1. The van der Waals surface area contributed by atoms with E-state index in [-0.39, 0.29) is 11.6 Å². The van der Waals surface area contributed by atoms with Crippen LogP contribution in [0.3, 0.4) is 0 Å². The molecule has 5 heteroatoms. The molecule has 19 heavy (non-hydrogen) atoms. The van der Waals surface area contributed by atoms with Crippen molar-refractivity contribution in [2.75, 3.05) is 18.0 Å². The number of hydrogen-bond acceptors (Lipinski definition) is 4. The Labute approximate surface area is 114 Å². The Morgan fingerprint density at radius 2 is 2.00 bits per heavy atom. The van der Waals surface area contributed by atoms with Gasteiger partial charge in [-0.15, -0.1) is 0 Å². The van der Waals surface area contributed by atoms with Gasteiger partial charge in [-0.2, -0.15) is 5.10 Å². The Hall–Kier alpha value is -1.36. The van der Waals surface area contributed by atoms with Crippen molar-refractivity contribution in [1.82, 2.24) is 9.78 Å². The lowest BCUT2D eigenvalue weighted by Gasteiger charge is -2.28. The molecule has 1 saturated heterocycles. The highest BCUT2D eigenvalue weighted by molar-refractivity contribution is 5.43. The van der Waals surface area contributed by atoms with E-state index in [1.807, 2.05) is 0 Å². The minimum absolute atomic E-state index is 0.0361. The van der Waals surface area contributed by atoms with Crippen molar-refractivity contribution in [2.45, 2.75) is 45.7 Å². The fourth-order valence-corrected chi connectivity index (χ4v) is 2.30. The van der Waals surface area contributed by atoms with Crippen LogP contribution in [0, 0.1) is 5.92 Å². The average Bonchev–Trinajstić information content (AvgIpc) is 2.41. The minimum atomic E-state index is -0.0563. The van der Waals surface area contributed by atoms with Gasteiger partial charge in [0.15, 0.2) is 0 Å². The van der Waals surface area contributed by atoms with Gasteiger partial charge >= 0.3 is 0 Å². The molecule has 0 radical (unpaired) electrons. The summed E-state index contributed by atoms with van der Waals surface area (Å²) in [6.45, 7) is 6.64. The number of hydrogen-bond donors (Lipinski definition) is 1. The molecule has 0 bridgehead atoms. The maximum absolute atomic E-state index is 12.1. The summed E-state index contributed by atoms with van der Waals surface area (Å²) in [6, 6.07) is 1.65. The van der Waals surface area contributed by atoms with Crippen molar-refractivity contribution >= 4 is 5.69 Å². The molecule has 0 spiro atoms. The molecule has 1 aromatic heterocycles. The first-order chi connectivity index (χ1) is 9.08. The molecule has 1 atom stereocenters. The third kappa shape index (κ3) is 3.56. The molecule has 1 aliphatic rings. The summed E-state index contributed by atoms with van der Waals surface area (Å²) in [5, 5.41) is 4.26. The van der Waals surface area contributed by atoms with Crippen LogP contribution in [0.25, 0.3) is 0 Å². The van der Waals surface area contributed by atoms with Crippen LogP contribution in [-0.4, -0.2) is 28.9 Å². The quantitative estimate of drug-likeness (QED) is 0.888. The highest BCUT2D eigenvalue weighted by Gasteiger charge is 2.14. The van der Waals surface area contributed by atoms with Crippen molar-refractivity contribution in [3.05, 3.63) is 22.6 Å². The molecule has 0 aliphatic carbocycles. The van der Waals surface area contributed by atoms with Gasteiger partial charge in [0.2, 0.25) is 0 Å². The molecule has 5 nitrogen and oxygen atoms in total. The lowest BCUT2D eigenvalue weighted by atomic mass is 10.1. The zero-order valence-corrected chi connectivity index (χ0v) is 11.9. The number of nitrogens with zero attached hydrogens (tertiary/aromatic N) is 3. The first-order valence-electron chi connectivity index (χ1n) is 7.15. The van der Waals surface area contributed by atoms with E-state index in [1.165, 1.54) is 23.9 Å². The van der Waals surface area contributed by atoms with Crippen molar-refractivity contribution < 1.29 is 0 Å². The molecule has 0 saturated carbocycles. The van der Waals surface area contributed by atoms with E-state index in [0.29, 0.717) is 12.5 Å². The normalized spacial score (nSPS) is 17.8. The lowest BCUT2D eigenvalue weighted by Crippen LogP contribution is -2.37. The summed E-state index contributed by atoms with van der Waals surface area (Å²) < 4.78 is 1.47. The van der Waals surface area contributed by atoms with E-state index in [2.05, 4.69) is 23.8 Å². The van der Waals surface area contributed by atoms with Gasteiger partial charge in [0.25, 0.3) is 5.56 Å². The fraction of sp³-hybridized carbons (Fsp3) is 0.714. The first-order valence-corrected chi connectivity index (χ1v) is 7.15. The van der Waals surface area contributed by atoms with E-state index >= 15 is 0 Å². The van der Waals surface area contributed by atoms with Crippen molar-refractivity contribution in [3.8, 4) is 0 Å². The lowest BCUT2D eigenvalue weighted by molar-refractivity contribution is 0.403. The molecule has 1 aromatic rings. The van der Waals surface area contributed by atoms with Crippen LogP contribution < -0.4 is 16.2 Å². The van der Waals surface area contributed by atoms with Gasteiger partial charge in [-0.1, -0.05) is 13.8 Å². The molecule has 2 N–H and O–H groups in total. The molecule has 1 aliphatic heterocycles. The van der Waals surface area contributed by atoms with Crippen LogP contribution in [0.1, 0.15) is 33.1 Å². The van der Waals surface area contributed by atoms with E-state index in [4.69, 9.17) is 5.73 Å². The predicted molar refractivity (Wildman–Crippen MR) is 77.4 cm³/mol. The molecule has 2 heterocycles. The smallest absolute Gasteiger partial charge is 0.268 e. The van der Waals surface area contributed by atoms with E-state index in [9.17, 15) is 4.79 Å². The summed E-state index contributed by atoms with van der Waals surface area (Å²) in [4.78, 5) is 14.3. The molecular weight excluding hydrogens is 240 g/mol. The highest BCUT2D eigenvalue weighted by atomic mass is 16.1. The Kier molecular flexibility index (Phi) is 4.58. The van der Waals surface area contributed by atoms with Crippen LogP contribution in [0.5, 0.6) is 0 Å². The van der Waals surface area contributed by atoms with Crippen LogP contribution in [0.4, 0.5) is 5.69 Å².